The predicted molar refractivity (Wildman–Crippen MR) is 119 cm³/mol. The molecule has 1 amide bonds. The molecule has 2 aromatic rings. The molecule has 0 aliphatic heterocycles. The molecular formula is C20H23IN2O2S. The summed E-state index contributed by atoms with van der Waals surface area (Å²) in [5.74, 6) is 1.21. The number of hydrogen-bond donors (Lipinski definition) is 2. The number of carbonyl (C=O) groups excluding carboxylic acids is 1. The van der Waals surface area contributed by atoms with Gasteiger partial charge in [0.1, 0.15) is 5.75 Å². The fourth-order valence-electron chi connectivity index (χ4n) is 2.12. The average molecular weight is 482 g/mol. The van der Waals surface area contributed by atoms with E-state index >= 15 is 0 Å². The van der Waals surface area contributed by atoms with Crippen molar-refractivity contribution in [1.82, 2.24) is 5.32 Å². The van der Waals surface area contributed by atoms with Gasteiger partial charge in [0.2, 0.25) is 0 Å². The second-order valence-electron chi connectivity index (χ2n) is 6.43. The van der Waals surface area contributed by atoms with Crippen molar-refractivity contribution in [3.05, 3.63) is 57.2 Å². The van der Waals surface area contributed by atoms with Crippen LogP contribution in [-0.4, -0.2) is 17.6 Å². The first kappa shape index (κ1) is 20.6. The number of hydrogen-bond acceptors (Lipinski definition) is 3. The molecule has 0 aliphatic rings. The van der Waals surface area contributed by atoms with Crippen LogP contribution in [0.1, 0.15) is 36.2 Å². The van der Waals surface area contributed by atoms with E-state index in [1.54, 1.807) is 6.07 Å². The van der Waals surface area contributed by atoms with E-state index in [9.17, 15) is 4.79 Å². The topological polar surface area (TPSA) is 50.4 Å². The number of anilines is 1. The molecule has 0 aromatic heterocycles. The third kappa shape index (κ3) is 6.57. The van der Waals surface area contributed by atoms with Gasteiger partial charge >= 0.3 is 0 Å². The molecule has 2 rings (SSSR count). The van der Waals surface area contributed by atoms with Crippen molar-refractivity contribution in [3.8, 4) is 5.75 Å². The van der Waals surface area contributed by atoms with Gasteiger partial charge in [-0.1, -0.05) is 19.9 Å². The molecule has 4 nitrogen and oxygen atoms in total. The Balaban J connectivity index is 1.86. The Morgan fingerprint density at radius 3 is 2.50 bits per heavy atom. The summed E-state index contributed by atoms with van der Waals surface area (Å²) in [5, 5.41) is 5.97. The van der Waals surface area contributed by atoms with Crippen LogP contribution in [0.3, 0.4) is 0 Å². The van der Waals surface area contributed by atoms with Crippen molar-refractivity contribution in [2.75, 3.05) is 11.9 Å². The fraction of sp³-hybridized carbons (Fsp3) is 0.300. The molecule has 0 saturated carbocycles. The summed E-state index contributed by atoms with van der Waals surface area (Å²) < 4.78 is 6.73. The molecule has 6 heteroatoms. The van der Waals surface area contributed by atoms with E-state index in [0.29, 0.717) is 18.1 Å². The molecule has 2 N–H and O–H groups in total. The Morgan fingerprint density at radius 1 is 1.19 bits per heavy atom. The summed E-state index contributed by atoms with van der Waals surface area (Å²) in [7, 11) is 0. The Bertz CT molecular complexity index is 776. The van der Waals surface area contributed by atoms with E-state index in [4.69, 9.17) is 17.0 Å². The normalized spacial score (nSPS) is 10.5. The van der Waals surface area contributed by atoms with Gasteiger partial charge in [-0.2, -0.15) is 0 Å². The summed E-state index contributed by atoms with van der Waals surface area (Å²) in [6.45, 7) is 7.05. The van der Waals surface area contributed by atoms with Crippen LogP contribution in [0.5, 0.6) is 5.75 Å². The molecule has 0 fully saturated rings. The zero-order chi connectivity index (χ0) is 19.1. The van der Waals surface area contributed by atoms with Crippen molar-refractivity contribution in [1.29, 1.82) is 0 Å². The lowest BCUT2D eigenvalue weighted by Gasteiger charge is -2.12. The third-order valence-corrected chi connectivity index (χ3v) is 5.10. The van der Waals surface area contributed by atoms with Gasteiger partial charge in [-0.3, -0.25) is 10.1 Å². The minimum Gasteiger partial charge on any atom is -0.494 e. The van der Waals surface area contributed by atoms with Crippen molar-refractivity contribution >= 4 is 51.5 Å². The highest BCUT2D eigenvalue weighted by Gasteiger charge is 2.09. The number of rotatable bonds is 6. The van der Waals surface area contributed by atoms with Crippen molar-refractivity contribution in [2.24, 2.45) is 5.92 Å². The monoisotopic (exact) mass is 482 g/mol. The van der Waals surface area contributed by atoms with Gasteiger partial charge < -0.3 is 10.1 Å². The molecule has 0 aliphatic carbocycles. The number of nitrogens with one attached hydrogen (secondary N) is 2. The van der Waals surface area contributed by atoms with E-state index in [1.165, 1.54) is 0 Å². The predicted octanol–water partition coefficient (Wildman–Crippen LogP) is 5.15. The zero-order valence-electron chi connectivity index (χ0n) is 15.1. The quantitative estimate of drug-likeness (QED) is 0.442. The number of amides is 1. The minimum absolute atomic E-state index is 0.228. The molecule has 138 valence electrons. The van der Waals surface area contributed by atoms with Crippen LogP contribution >= 0.6 is 34.8 Å². The number of benzene rings is 2. The average Bonchev–Trinajstić information content (AvgIpc) is 2.58. The summed E-state index contributed by atoms with van der Waals surface area (Å²) >= 11 is 7.44. The molecule has 0 unspecified atom stereocenters. The summed E-state index contributed by atoms with van der Waals surface area (Å²) in [4.78, 5) is 12.3. The van der Waals surface area contributed by atoms with Gasteiger partial charge in [-0.25, -0.2) is 0 Å². The van der Waals surface area contributed by atoms with Gasteiger partial charge in [-0.15, -0.1) is 0 Å². The van der Waals surface area contributed by atoms with Crippen LogP contribution < -0.4 is 15.4 Å². The third-order valence-electron chi connectivity index (χ3n) is 3.74. The lowest BCUT2D eigenvalue weighted by Crippen LogP contribution is -2.34. The molecule has 2 aromatic carbocycles. The highest BCUT2D eigenvalue weighted by atomic mass is 127. The molecule has 26 heavy (non-hydrogen) atoms. The number of aryl methyl sites for hydroxylation is 1. The van der Waals surface area contributed by atoms with E-state index < -0.39 is 0 Å². The molecule has 0 spiro atoms. The van der Waals surface area contributed by atoms with E-state index in [2.05, 4.69) is 47.1 Å². The highest BCUT2D eigenvalue weighted by Crippen LogP contribution is 2.17. The summed E-state index contributed by atoms with van der Waals surface area (Å²) in [6.07, 6.45) is 1.02. The first-order chi connectivity index (χ1) is 12.3. The van der Waals surface area contributed by atoms with Crippen LogP contribution in [-0.2, 0) is 0 Å². The van der Waals surface area contributed by atoms with Crippen LogP contribution in [0, 0.1) is 16.4 Å². The maximum atomic E-state index is 12.3. The molecule has 0 radical (unpaired) electrons. The van der Waals surface area contributed by atoms with Crippen LogP contribution in [0.15, 0.2) is 42.5 Å². The van der Waals surface area contributed by atoms with Crippen molar-refractivity contribution in [2.45, 2.75) is 27.2 Å². The minimum atomic E-state index is -0.228. The van der Waals surface area contributed by atoms with E-state index in [-0.39, 0.29) is 11.0 Å². The number of thiocarbonyl (C=S) groups is 1. The fourth-order valence-corrected chi connectivity index (χ4v) is 2.84. The maximum Gasteiger partial charge on any atom is 0.257 e. The number of halogens is 1. The van der Waals surface area contributed by atoms with Crippen LogP contribution in [0.2, 0.25) is 0 Å². The molecule has 0 atom stereocenters. The van der Waals surface area contributed by atoms with E-state index in [1.807, 2.05) is 43.3 Å². The Morgan fingerprint density at radius 2 is 1.88 bits per heavy atom. The van der Waals surface area contributed by atoms with Crippen LogP contribution in [0.25, 0.3) is 0 Å². The zero-order valence-corrected chi connectivity index (χ0v) is 18.1. The highest BCUT2D eigenvalue weighted by molar-refractivity contribution is 14.1. The van der Waals surface area contributed by atoms with E-state index in [0.717, 1.165) is 27.0 Å². The smallest absolute Gasteiger partial charge is 0.257 e. The number of ether oxygens (including phenoxy) is 1. The van der Waals surface area contributed by atoms with Gasteiger partial charge in [0.15, 0.2) is 5.11 Å². The molecule has 0 bridgehead atoms. The molecule has 0 heterocycles. The van der Waals surface area contributed by atoms with Crippen molar-refractivity contribution in [3.63, 3.8) is 0 Å². The van der Waals surface area contributed by atoms with Gasteiger partial charge in [0.05, 0.1) is 6.61 Å². The van der Waals surface area contributed by atoms with Crippen LogP contribution in [0.4, 0.5) is 5.69 Å². The SMILES string of the molecule is Cc1ccc(C(=O)NC(=S)Nc2ccc(OCCC(C)C)cc2)cc1I. The van der Waals surface area contributed by atoms with Gasteiger partial charge in [0.25, 0.3) is 5.91 Å². The standard InChI is InChI=1S/C20H23IN2O2S/c1-13(2)10-11-25-17-8-6-16(7-9-17)22-20(26)23-19(24)15-5-4-14(3)18(21)12-15/h4-9,12-13H,10-11H2,1-3H3,(H2,22,23,24,26). The molecular weight excluding hydrogens is 459 g/mol. The Labute approximate surface area is 173 Å². The lowest BCUT2D eigenvalue weighted by atomic mass is 10.1. The Kier molecular flexibility index (Phi) is 7.84. The van der Waals surface area contributed by atoms with Crippen molar-refractivity contribution < 1.29 is 9.53 Å². The Hall–Kier alpha value is -1.67. The first-order valence-corrected chi connectivity index (χ1v) is 9.95. The summed E-state index contributed by atoms with van der Waals surface area (Å²) in [6, 6.07) is 13.1. The van der Waals surface area contributed by atoms with Gasteiger partial charge in [-0.05, 0) is 96.0 Å². The largest absolute Gasteiger partial charge is 0.494 e. The second kappa shape index (κ2) is 9.87. The lowest BCUT2D eigenvalue weighted by molar-refractivity contribution is 0.0977. The summed E-state index contributed by atoms with van der Waals surface area (Å²) in [5.41, 5.74) is 2.52. The van der Waals surface area contributed by atoms with Gasteiger partial charge in [0, 0.05) is 14.8 Å². The first-order valence-electron chi connectivity index (χ1n) is 8.46. The second-order valence-corrected chi connectivity index (χ2v) is 8.00. The molecule has 0 saturated heterocycles. The number of carbonyl (C=O) groups is 1. The maximum absolute atomic E-state index is 12.3.